The van der Waals surface area contributed by atoms with Crippen LogP contribution in [0.25, 0.3) is 22.3 Å². The van der Waals surface area contributed by atoms with Gasteiger partial charge in [-0.15, -0.1) is 0 Å². The lowest BCUT2D eigenvalue weighted by atomic mass is 9.94. The second-order valence-corrected chi connectivity index (χ2v) is 8.50. The maximum atomic E-state index is 11.5. The summed E-state index contributed by atoms with van der Waals surface area (Å²) in [6, 6.07) is 7.68. The van der Waals surface area contributed by atoms with E-state index < -0.39 is 6.03 Å². The van der Waals surface area contributed by atoms with Crippen molar-refractivity contribution in [3.05, 3.63) is 47.8 Å². The normalized spacial score (nSPS) is 19.1. The molecule has 33 heavy (non-hydrogen) atoms. The van der Waals surface area contributed by atoms with Gasteiger partial charge in [0.15, 0.2) is 5.52 Å². The average Bonchev–Trinajstić information content (AvgIpc) is 3.11. The molecule has 2 aliphatic heterocycles. The van der Waals surface area contributed by atoms with Gasteiger partial charge in [0, 0.05) is 24.5 Å². The van der Waals surface area contributed by atoms with Crippen molar-refractivity contribution in [1.29, 1.82) is 0 Å². The van der Waals surface area contributed by atoms with Gasteiger partial charge < -0.3 is 24.8 Å². The van der Waals surface area contributed by atoms with Crippen LogP contribution in [-0.2, 0) is 21.7 Å². The molecule has 1 aromatic carbocycles. The number of rotatable bonds is 4. The second-order valence-electron chi connectivity index (χ2n) is 8.50. The molecule has 4 heterocycles. The van der Waals surface area contributed by atoms with Gasteiger partial charge in [0.05, 0.1) is 36.6 Å². The van der Waals surface area contributed by atoms with Gasteiger partial charge in [-0.2, -0.15) is 13.5 Å². The van der Waals surface area contributed by atoms with E-state index in [1.54, 1.807) is 17.3 Å². The SMILES string of the molecule is CC1(C)OCc2cc(-c3cc4nccnc4c(OC[C@@H]4CN(C(N)=O)CCO4)n3)ccc21.S. The maximum Gasteiger partial charge on any atom is 0.314 e. The second kappa shape index (κ2) is 9.12. The molecule has 0 radical (unpaired) electrons. The molecular weight excluding hydrogens is 442 g/mol. The molecule has 5 rings (SSSR count). The molecule has 1 atom stereocenters. The van der Waals surface area contributed by atoms with Crippen molar-refractivity contribution < 1.29 is 19.0 Å². The van der Waals surface area contributed by atoms with Crippen molar-refractivity contribution in [1.82, 2.24) is 19.9 Å². The number of primary amides is 1. The lowest BCUT2D eigenvalue weighted by Crippen LogP contribution is -2.49. The third-order valence-electron chi connectivity index (χ3n) is 5.92. The summed E-state index contributed by atoms with van der Waals surface area (Å²) in [6.45, 7) is 6.20. The van der Waals surface area contributed by atoms with Crippen LogP contribution in [-0.4, -0.2) is 58.3 Å². The summed E-state index contributed by atoms with van der Waals surface area (Å²) in [7, 11) is 0. The van der Waals surface area contributed by atoms with Gasteiger partial charge in [0.25, 0.3) is 0 Å². The molecule has 2 aromatic heterocycles. The highest BCUT2D eigenvalue weighted by Gasteiger charge is 2.31. The fourth-order valence-electron chi connectivity index (χ4n) is 4.18. The average molecular weight is 470 g/mol. The van der Waals surface area contributed by atoms with Crippen LogP contribution in [0.2, 0.25) is 0 Å². The Morgan fingerprint density at radius 2 is 2.09 bits per heavy atom. The highest BCUT2D eigenvalue weighted by atomic mass is 32.1. The van der Waals surface area contributed by atoms with Crippen LogP contribution in [0.15, 0.2) is 36.7 Å². The number of fused-ring (bicyclic) bond motifs is 2. The van der Waals surface area contributed by atoms with E-state index in [1.165, 1.54) is 5.56 Å². The molecule has 0 saturated carbocycles. The summed E-state index contributed by atoms with van der Waals surface area (Å²) in [4.78, 5) is 26.6. The van der Waals surface area contributed by atoms with Crippen molar-refractivity contribution in [3.8, 4) is 17.1 Å². The molecule has 0 bridgehead atoms. The zero-order chi connectivity index (χ0) is 22.3. The number of hydrogen-bond acceptors (Lipinski definition) is 7. The van der Waals surface area contributed by atoms with E-state index in [0.29, 0.717) is 43.2 Å². The summed E-state index contributed by atoms with van der Waals surface area (Å²) in [5.41, 5.74) is 10.4. The molecule has 0 aliphatic carbocycles. The predicted molar refractivity (Wildman–Crippen MR) is 127 cm³/mol. The maximum absolute atomic E-state index is 11.5. The molecule has 1 saturated heterocycles. The largest absolute Gasteiger partial charge is 0.473 e. The smallest absolute Gasteiger partial charge is 0.314 e. The number of carbonyl (C=O) groups is 1. The van der Waals surface area contributed by atoms with E-state index in [1.807, 2.05) is 12.1 Å². The van der Waals surface area contributed by atoms with Crippen molar-refractivity contribution in [2.45, 2.75) is 32.2 Å². The molecule has 10 heteroatoms. The Labute approximate surface area is 198 Å². The van der Waals surface area contributed by atoms with Gasteiger partial charge in [-0.25, -0.2) is 14.8 Å². The molecule has 174 valence electrons. The number of nitrogens with zero attached hydrogens (tertiary/aromatic N) is 4. The number of aromatic nitrogens is 3. The topological polar surface area (TPSA) is 113 Å². The van der Waals surface area contributed by atoms with Crippen LogP contribution in [0.1, 0.15) is 25.0 Å². The first-order valence-electron chi connectivity index (χ1n) is 10.6. The van der Waals surface area contributed by atoms with Gasteiger partial charge >= 0.3 is 6.03 Å². The third-order valence-corrected chi connectivity index (χ3v) is 5.92. The lowest BCUT2D eigenvalue weighted by Gasteiger charge is -2.31. The number of urea groups is 1. The number of nitrogens with two attached hydrogens (primary N) is 1. The number of pyridine rings is 1. The Kier molecular flexibility index (Phi) is 6.42. The van der Waals surface area contributed by atoms with Gasteiger partial charge in [0.2, 0.25) is 5.88 Å². The van der Waals surface area contributed by atoms with Crippen LogP contribution in [0.4, 0.5) is 4.79 Å². The Hall–Kier alpha value is -2.95. The van der Waals surface area contributed by atoms with E-state index in [0.717, 1.165) is 16.8 Å². The molecule has 0 unspecified atom stereocenters. The van der Waals surface area contributed by atoms with Crippen LogP contribution >= 0.6 is 13.5 Å². The minimum Gasteiger partial charge on any atom is -0.473 e. The zero-order valence-electron chi connectivity index (χ0n) is 18.6. The summed E-state index contributed by atoms with van der Waals surface area (Å²) in [5, 5.41) is 0. The molecule has 3 aromatic rings. The van der Waals surface area contributed by atoms with Gasteiger partial charge in [-0.1, -0.05) is 12.1 Å². The summed E-state index contributed by atoms with van der Waals surface area (Å²) < 4.78 is 17.7. The predicted octanol–water partition coefficient (Wildman–Crippen LogP) is 2.73. The van der Waals surface area contributed by atoms with E-state index in [4.69, 9.17) is 24.9 Å². The van der Waals surface area contributed by atoms with E-state index in [2.05, 4.69) is 35.9 Å². The molecule has 2 amide bonds. The number of amides is 2. The number of morpholine rings is 1. The van der Waals surface area contributed by atoms with Crippen LogP contribution < -0.4 is 10.5 Å². The van der Waals surface area contributed by atoms with Gasteiger partial charge in [0.1, 0.15) is 12.7 Å². The standard InChI is InChI=1S/C23H25N5O4.H2S/c1-23(2)17-4-3-14(9-15(17)12-32-23)18-10-19-20(26-6-5-25-19)21(27-18)31-13-16-11-28(22(24)29)7-8-30-16;/h3-6,9-10,16H,7-8,11-13H2,1-2H3,(H2,24,29);1H2/t16-;/m0./s1. The number of benzene rings is 1. The first-order valence-corrected chi connectivity index (χ1v) is 10.6. The van der Waals surface area contributed by atoms with Crippen LogP contribution in [0.3, 0.4) is 0 Å². The highest BCUT2D eigenvalue weighted by Crippen LogP contribution is 2.38. The Bertz CT molecular complexity index is 1190. The minimum atomic E-state index is -0.460. The minimum absolute atomic E-state index is 0. The lowest BCUT2D eigenvalue weighted by molar-refractivity contribution is -0.0346. The molecule has 0 spiro atoms. The number of hydrogen-bond donors (Lipinski definition) is 1. The number of ether oxygens (including phenoxy) is 3. The van der Waals surface area contributed by atoms with Gasteiger partial charge in [-0.05, 0) is 37.1 Å². The van der Waals surface area contributed by atoms with E-state index >= 15 is 0 Å². The fraction of sp³-hybridized carbons (Fsp3) is 0.391. The summed E-state index contributed by atoms with van der Waals surface area (Å²) >= 11 is 0. The van der Waals surface area contributed by atoms with Crippen LogP contribution in [0, 0.1) is 0 Å². The van der Waals surface area contributed by atoms with Crippen molar-refractivity contribution in [2.24, 2.45) is 5.73 Å². The summed E-state index contributed by atoms with van der Waals surface area (Å²) in [5.74, 6) is 0.377. The quantitative estimate of drug-likeness (QED) is 0.625. The molecule has 1 fully saturated rings. The summed E-state index contributed by atoms with van der Waals surface area (Å²) in [6.07, 6.45) is 2.95. The first-order chi connectivity index (χ1) is 15.4. The van der Waals surface area contributed by atoms with Gasteiger partial charge in [-0.3, -0.25) is 4.98 Å². The molecular formula is C23H27N5O4S. The fourth-order valence-corrected chi connectivity index (χ4v) is 4.18. The highest BCUT2D eigenvalue weighted by molar-refractivity contribution is 7.59. The van der Waals surface area contributed by atoms with Crippen LogP contribution in [0.5, 0.6) is 5.88 Å². The Balaban J connectivity index is 0.00000259. The van der Waals surface area contributed by atoms with Crippen molar-refractivity contribution in [3.63, 3.8) is 0 Å². The van der Waals surface area contributed by atoms with E-state index in [9.17, 15) is 4.79 Å². The monoisotopic (exact) mass is 469 g/mol. The zero-order valence-corrected chi connectivity index (χ0v) is 19.6. The Morgan fingerprint density at radius 1 is 1.27 bits per heavy atom. The first kappa shape index (κ1) is 23.2. The molecule has 9 nitrogen and oxygen atoms in total. The molecule has 2 N–H and O–H groups in total. The Morgan fingerprint density at radius 3 is 2.91 bits per heavy atom. The van der Waals surface area contributed by atoms with E-state index in [-0.39, 0.29) is 31.8 Å². The third kappa shape index (κ3) is 4.59. The van der Waals surface area contributed by atoms with Crippen molar-refractivity contribution >= 4 is 30.6 Å². The number of carbonyl (C=O) groups excluding carboxylic acids is 1. The van der Waals surface area contributed by atoms with Crippen molar-refractivity contribution in [2.75, 3.05) is 26.3 Å². The molecule has 2 aliphatic rings.